The molecule has 2 amide bonds. The third kappa shape index (κ3) is 1.75. The zero-order valence-electron chi connectivity index (χ0n) is 12.0. The van der Waals surface area contributed by atoms with Gasteiger partial charge in [-0.2, -0.15) is 0 Å². The Bertz CT molecular complexity index is 743. The molecule has 3 heterocycles. The average molecular weight is 316 g/mol. The molecule has 4 atom stereocenters. The maximum Gasteiger partial charge on any atom is 0.297 e. The second-order valence-electron chi connectivity index (χ2n) is 5.63. The SMILES string of the molecule is COc1ccc(N2C(=O)[C@@H]3[C@H](C2=O)[C@@H]2C=C[C@H]3O2)c([N+](=O)[O-])c1. The largest absolute Gasteiger partial charge is 0.496 e. The van der Waals surface area contributed by atoms with Crippen molar-refractivity contribution in [2.45, 2.75) is 12.2 Å². The standard InChI is InChI=1S/C15H12N2O6/c1-22-7-2-3-8(9(6-7)17(20)21)16-14(18)12-10-4-5-11(23-10)13(12)15(16)19/h2-6,10-13H,1H3/t10-,11+,12+,13-. The van der Waals surface area contributed by atoms with E-state index in [9.17, 15) is 19.7 Å². The first-order valence-corrected chi connectivity index (χ1v) is 7.07. The summed E-state index contributed by atoms with van der Waals surface area (Å²) in [6.07, 6.45) is 2.68. The summed E-state index contributed by atoms with van der Waals surface area (Å²) >= 11 is 0. The van der Waals surface area contributed by atoms with Crippen molar-refractivity contribution >= 4 is 23.2 Å². The quantitative estimate of drug-likeness (QED) is 0.358. The molecule has 1 aromatic rings. The van der Waals surface area contributed by atoms with Crippen molar-refractivity contribution in [2.75, 3.05) is 12.0 Å². The van der Waals surface area contributed by atoms with Crippen molar-refractivity contribution in [3.05, 3.63) is 40.5 Å². The third-order valence-electron chi connectivity index (χ3n) is 4.53. The molecule has 2 fully saturated rings. The van der Waals surface area contributed by atoms with Crippen LogP contribution in [0.4, 0.5) is 11.4 Å². The van der Waals surface area contributed by atoms with E-state index in [0.717, 1.165) is 4.90 Å². The minimum Gasteiger partial charge on any atom is -0.496 e. The van der Waals surface area contributed by atoms with Crippen molar-refractivity contribution < 1.29 is 24.0 Å². The van der Waals surface area contributed by atoms with Gasteiger partial charge in [-0.1, -0.05) is 12.2 Å². The number of amides is 2. The number of benzene rings is 1. The van der Waals surface area contributed by atoms with Gasteiger partial charge < -0.3 is 9.47 Å². The summed E-state index contributed by atoms with van der Waals surface area (Å²) in [5.74, 6) is -1.82. The van der Waals surface area contributed by atoms with Gasteiger partial charge in [0.2, 0.25) is 11.8 Å². The van der Waals surface area contributed by atoms with Gasteiger partial charge in [0.25, 0.3) is 5.69 Å². The van der Waals surface area contributed by atoms with Crippen LogP contribution in [0.5, 0.6) is 5.75 Å². The van der Waals surface area contributed by atoms with Crippen LogP contribution < -0.4 is 9.64 Å². The highest BCUT2D eigenvalue weighted by molar-refractivity contribution is 6.24. The molecule has 0 aliphatic carbocycles. The van der Waals surface area contributed by atoms with Crippen LogP contribution in [0.15, 0.2) is 30.4 Å². The first-order chi connectivity index (χ1) is 11.0. The van der Waals surface area contributed by atoms with Crippen molar-refractivity contribution in [2.24, 2.45) is 11.8 Å². The molecular formula is C15H12N2O6. The minimum atomic E-state index is -0.629. The van der Waals surface area contributed by atoms with Crippen molar-refractivity contribution in [1.82, 2.24) is 0 Å². The van der Waals surface area contributed by atoms with E-state index in [1.807, 2.05) is 0 Å². The number of carbonyl (C=O) groups is 2. The molecule has 0 aromatic heterocycles. The van der Waals surface area contributed by atoms with Crippen molar-refractivity contribution in [3.8, 4) is 5.75 Å². The maximum absolute atomic E-state index is 12.7. The summed E-state index contributed by atoms with van der Waals surface area (Å²) in [6, 6.07) is 4.05. The molecule has 1 aromatic carbocycles. The molecule has 3 aliphatic heterocycles. The Morgan fingerprint density at radius 3 is 2.30 bits per heavy atom. The van der Waals surface area contributed by atoms with Crippen LogP contribution in [0.1, 0.15) is 0 Å². The first kappa shape index (κ1) is 13.9. The van der Waals surface area contributed by atoms with Crippen LogP contribution in [-0.4, -0.2) is 36.1 Å². The number of ether oxygens (including phenoxy) is 2. The Labute approximate surface area is 130 Å². The lowest BCUT2D eigenvalue weighted by atomic mass is 9.85. The summed E-state index contributed by atoms with van der Waals surface area (Å²) < 4.78 is 10.5. The van der Waals surface area contributed by atoms with Gasteiger partial charge in [-0.15, -0.1) is 0 Å². The summed E-state index contributed by atoms with van der Waals surface area (Å²) in [5, 5.41) is 11.3. The number of carbonyl (C=O) groups excluding carboxylic acids is 2. The minimum absolute atomic E-state index is 0.0281. The second kappa shape index (κ2) is 4.63. The fraction of sp³-hybridized carbons (Fsp3) is 0.333. The molecule has 2 bridgehead atoms. The molecule has 0 N–H and O–H groups in total. The highest BCUT2D eigenvalue weighted by Gasteiger charge is 2.61. The Morgan fingerprint density at radius 1 is 1.17 bits per heavy atom. The van der Waals surface area contributed by atoms with E-state index < -0.39 is 40.8 Å². The number of rotatable bonds is 3. The number of hydrogen-bond acceptors (Lipinski definition) is 6. The Balaban J connectivity index is 1.79. The molecule has 0 saturated carbocycles. The average Bonchev–Trinajstić information content (AvgIpc) is 3.21. The van der Waals surface area contributed by atoms with Gasteiger partial charge in [-0.25, -0.2) is 4.90 Å². The Kier molecular flexibility index (Phi) is 2.79. The van der Waals surface area contributed by atoms with E-state index in [2.05, 4.69) is 0 Å². The summed E-state index contributed by atoms with van der Waals surface area (Å²) in [6.45, 7) is 0. The molecule has 8 heteroatoms. The number of nitrogens with zero attached hydrogens (tertiary/aromatic N) is 2. The van der Waals surface area contributed by atoms with Gasteiger partial charge in [0, 0.05) is 0 Å². The first-order valence-electron chi connectivity index (χ1n) is 7.07. The van der Waals surface area contributed by atoms with E-state index >= 15 is 0 Å². The van der Waals surface area contributed by atoms with Gasteiger partial charge in [0.15, 0.2) is 0 Å². The normalized spacial score (nSPS) is 30.9. The highest BCUT2D eigenvalue weighted by Crippen LogP contribution is 2.47. The zero-order chi connectivity index (χ0) is 16.3. The van der Waals surface area contributed by atoms with Crippen molar-refractivity contribution in [3.63, 3.8) is 0 Å². The van der Waals surface area contributed by atoms with Crippen molar-refractivity contribution in [1.29, 1.82) is 0 Å². The molecule has 23 heavy (non-hydrogen) atoms. The van der Waals surface area contributed by atoms with E-state index in [-0.39, 0.29) is 17.1 Å². The molecule has 0 spiro atoms. The predicted octanol–water partition coefficient (Wildman–Crippen LogP) is 1.05. The summed E-state index contributed by atoms with van der Waals surface area (Å²) in [7, 11) is 1.38. The number of methoxy groups -OCH3 is 1. The summed E-state index contributed by atoms with van der Waals surface area (Å²) in [4.78, 5) is 36.9. The zero-order valence-corrected chi connectivity index (χ0v) is 12.0. The number of hydrogen-bond donors (Lipinski definition) is 0. The number of imide groups is 1. The smallest absolute Gasteiger partial charge is 0.297 e. The van der Waals surface area contributed by atoms with Gasteiger partial charge in [-0.05, 0) is 12.1 Å². The van der Waals surface area contributed by atoms with Crippen LogP contribution in [0, 0.1) is 22.0 Å². The topological polar surface area (TPSA) is 99.0 Å². The Hall–Kier alpha value is -2.74. The number of fused-ring (bicyclic) bond motifs is 5. The molecule has 0 unspecified atom stereocenters. The van der Waals surface area contributed by atoms with Crippen LogP contribution >= 0.6 is 0 Å². The highest BCUT2D eigenvalue weighted by atomic mass is 16.6. The second-order valence-corrected chi connectivity index (χ2v) is 5.63. The summed E-state index contributed by atoms with van der Waals surface area (Å²) in [5.41, 5.74) is -0.369. The van der Waals surface area contributed by atoms with Crippen LogP contribution in [0.2, 0.25) is 0 Å². The monoisotopic (exact) mass is 316 g/mol. The fourth-order valence-corrected chi connectivity index (χ4v) is 3.51. The number of nitro benzene ring substituents is 1. The third-order valence-corrected chi connectivity index (χ3v) is 4.53. The molecule has 3 aliphatic rings. The fourth-order valence-electron chi connectivity index (χ4n) is 3.51. The molecule has 8 nitrogen and oxygen atoms in total. The lowest BCUT2D eigenvalue weighted by Gasteiger charge is -2.17. The van der Waals surface area contributed by atoms with E-state index in [1.54, 1.807) is 12.2 Å². The lowest BCUT2D eigenvalue weighted by Crippen LogP contribution is -2.34. The predicted molar refractivity (Wildman–Crippen MR) is 76.9 cm³/mol. The van der Waals surface area contributed by atoms with Gasteiger partial charge in [-0.3, -0.25) is 19.7 Å². The van der Waals surface area contributed by atoms with Gasteiger partial charge in [0.05, 0.1) is 42.1 Å². The van der Waals surface area contributed by atoms with Crippen LogP contribution in [-0.2, 0) is 14.3 Å². The maximum atomic E-state index is 12.7. The van der Waals surface area contributed by atoms with Gasteiger partial charge >= 0.3 is 0 Å². The molecule has 0 radical (unpaired) electrons. The lowest BCUT2D eigenvalue weighted by molar-refractivity contribution is -0.384. The van der Waals surface area contributed by atoms with E-state index in [0.29, 0.717) is 0 Å². The molecule has 4 rings (SSSR count). The van der Waals surface area contributed by atoms with Crippen LogP contribution in [0.3, 0.4) is 0 Å². The van der Waals surface area contributed by atoms with Gasteiger partial charge in [0.1, 0.15) is 11.4 Å². The molecule has 118 valence electrons. The molecule has 2 saturated heterocycles. The Morgan fingerprint density at radius 2 is 1.78 bits per heavy atom. The van der Waals surface area contributed by atoms with E-state index in [4.69, 9.17) is 9.47 Å². The number of nitro groups is 1. The van der Waals surface area contributed by atoms with E-state index in [1.165, 1.54) is 25.3 Å². The number of anilines is 1. The molecular weight excluding hydrogens is 304 g/mol. The van der Waals surface area contributed by atoms with Crippen LogP contribution in [0.25, 0.3) is 0 Å².